The zero-order valence-corrected chi connectivity index (χ0v) is 56.4. The minimum atomic E-state index is -0.367. The number of hydrogen-bond donors (Lipinski definition) is 0. The van der Waals surface area contributed by atoms with Gasteiger partial charge in [0, 0.05) is 73.5 Å². The Morgan fingerprint density at radius 2 is 0.352 bits per heavy atom. The van der Waals surface area contributed by atoms with Crippen LogP contribution in [0.1, 0.15) is 185 Å². The fourth-order valence-electron chi connectivity index (χ4n) is 4.46. The standard InChI is InChI=1S/3C19H34N2O2.2La/c3*1-14(12-16(22)18(3,4)5)20-10-9-11-21-15(2)13-17(23)19(6,7)8;;/h3*12-13,22-23H,9-11H2,1-8H3;;/q;;;2*+3/p-6/b3*16-12-,17-13-,20-14?,21-15?;;. The third-order valence-electron chi connectivity index (χ3n) is 9.59. The molecule has 0 saturated carbocycles. The van der Waals surface area contributed by atoms with Crippen molar-refractivity contribution in [1.82, 2.24) is 0 Å². The first-order valence-electron chi connectivity index (χ1n) is 24.4. The maximum atomic E-state index is 11.8. The predicted molar refractivity (Wildman–Crippen MR) is 287 cm³/mol. The van der Waals surface area contributed by atoms with Crippen molar-refractivity contribution in [3.05, 3.63) is 71.0 Å². The molecule has 0 atom stereocenters. The largest absolute Gasteiger partial charge is 3.00 e. The van der Waals surface area contributed by atoms with Gasteiger partial charge >= 0.3 is 71.2 Å². The molecule has 0 fully saturated rings. The van der Waals surface area contributed by atoms with Gasteiger partial charge in [0.15, 0.2) is 0 Å². The zero-order valence-electron chi connectivity index (χ0n) is 49.1. The summed E-state index contributed by atoms with van der Waals surface area (Å²) in [6.07, 6.45) is 12.0. The molecule has 0 N–H and O–H groups in total. The molecule has 396 valence electrons. The van der Waals surface area contributed by atoms with E-state index < -0.39 is 0 Å². The van der Waals surface area contributed by atoms with E-state index in [1.54, 1.807) is 36.5 Å². The number of hydrogen-bond acceptors (Lipinski definition) is 12. The van der Waals surface area contributed by atoms with Crippen molar-refractivity contribution in [1.29, 1.82) is 0 Å². The molecule has 0 unspecified atom stereocenters. The molecule has 71 heavy (non-hydrogen) atoms. The normalized spacial score (nSPS) is 15.5. The Hall–Kier alpha value is -2.35. The van der Waals surface area contributed by atoms with Gasteiger partial charge in [0.2, 0.25) is 0 Å². The number of nitrogens with zero attached hydrogens (tertiary/aromatic N) is 6. The molecule has 0 aromatic rings. The van der Waals surface area contributed by atoms with E-state index >= 15 is 0 Å². The quantitative estimate of drug-likeness (QED) is 0.0744. The van der Waals surface area contributed by atoms with Gasteiger partial charge in [-0.1, -0.05) is 161 Å². The molecule has 0 aliphatic heterocycles. The SMILES string of the molecule is CC(/C=C(\[O-])C(C)(C)C)=NCCCN=C(C)/C=C(\[O-])C(C)(C)C.CC(/C=C(\[O-])C(C)(C)C)=NCCCN=C(C)/C=C(\[O-])C(C)(C)C.CC(/C=C(\[O-])C(C)(C)C)=NCCCN=C(C)/C=C(\[O-])C(C)(C)C.[La+3].[La+3]. The smallest absolute Gasteiger partial charge is 0.875 e. The van der Waals surface area contributed by atoms with Crippen molar-refractivity contribution >= 4 is 34.3 Å². The van der Waals surface area contributed by atoms with Crippen LogP contribution < -0.4 is 30.6 Å². The first-order chi connectivity index (χ1) is 31.0. The van der Waals surface area contributed by atoms with Crippen molar-refractivity contribution in [2.24, 2.45) is 62.4 Å². The second kappa shape index (κ2) is 36.6. The topological polar surface area (TPSA) is 213 Å². The van der Waals surface area contributed by atoms with E-state index in [4.69, 9.17) is 0 Å². The molecule has 0 spiro atoms. The fourth-order valence-corrected chi connectivity index (χ4v) is 4.46. The minimum Gasteiger partial charge on any atom is -0.875 e. The van der Waals surface area contributed by atoms with Crippen LogP contribution in [0.4, 0.5) is 0 Å². The molecule has 0 aromatic carbocycles. The van der Waals surface area contributed by atoms with Crippen LogP contribution in [0.5, 0.6) is 0 Å². The van der Waals surface area contributed by atoms with Gasteiger partial charge in [-0.25, -0.2) is 0 Å². The first kappa shape index (κ1) is 77.5. The molecular weight excluding hydrogens is 1140 g/mol. The van der Waals surface area contributed by atoms with E-state index in [-0.39, 0.29) is 138 Å². The van der Waals surface area contributed by atoms with Crippen molar-refractivity contribution in [2.45, 2.75) is 185 Å². The molecule has 0 aromatic heterocycles. The molecule has 0 aliphatic carbocycles. The van der Waals surface area contributed by atoms with Crippen LogP contribution >= 0.6 is 0 Å². The molecule has 0 aliphatic rings. The third kappa shape index (κ3) is 43.7. The second-order valence-corrected chi connectivity index (χ2v) is 23.8. The summed E-state index contributed by atoms with van der Waals surface area (Å²) >= 11 is 0. The van der Waals surface area contributed by atoms with E-state index in [0.717, 1.165) is 53.5 Å². The van der Waals surface area contributed by atoms with Gasteiger partial charge in [0.05, 0.1) is 0 Å². The first-order valence-corrected chi connectivity index (χ1v) is 24.4. The summed E-state index contributed by atoms with van der Waals surface area (Å²) in [5.41, 5.74) is 2.30. The van der Waals surface area contributed by atoms with Crippen LogP contribution in [-0.2, 0) is 0 Å². The van der Waals surface area contributed by atoms with E-state index in [2.05, 4.69) is 30.0 Å². The van der Waals surface area contributed by atoms with Crippen LogP contribution in [-0.4, -0.2) is 73.5 Å². The van der Waals surface area contributed by atoms with Crippen molar-refractivity contribution in [2.75, 3.05) is 39.3 Å². The predicted octanol–water partition coefficient (Wildman–Crippen LogP) is 8.64. The molecule has 0 heterocycles. The van der Waals surface area contributed by atoms with Gasteiger partial charge in [0.25, 0.3) is 0 Å². The monoisotopic (exact) mass is 1240 g/mol. The Kier molecular flexibility index (Phi) is 39.9. The Morgan fingerprint density at radius 1 is 0.254 bits per heavy atom. The average molecular weight is 1240 g/mol. The van der Waals surface area contributed by atoms with Crippen LogP contribution in [0.15, 0.2) is 101 Å². The molecule has 0 amide bonds. The summed E-state index contributed by atoms with van der Waals surface area (Å²) in [7, 11) is 0. The van der Waals surface area contributed by atoms with Gasteiger partial charge in [-0.2, -0.15) is 0 Å². The molecule has 14 heteroatoms. The molecule has 0 bridgehead atoms. The summed E-state index contributed by atoms with van der Waals surface area (Å²) in [6, 6.07) is 0. The molecular formula is C57H96La2N6O6. The number of aliphatic imine (C=N–C) groups is 6. The van der Waals surface area contributed by atoms with Gasteiger partial charge < -0.3 is 30.6 Å². The summed E-state index contributed by atoms with van der Waals surface area (Å²) in [5.74, 6) is 0.516. The second-order valence-electron chi connectivity index (χ2n) is 23.8. The maximum Gasteiger partial charge on any atom is 3.00 e. The van der Waals surface area contributed by atoms with E-state index in [9.17, 15) is 30.6 Å². The Labute approximate surface area is 489 Å². The number of allylic oxidation sites excluding steroid dienone is 12. The van der Waals surface area contributed by atoms with Crippen LogP contribution in [0, 0.1) is 104 Å². The van der Waals surface area contributed by atoms with Gasteiger partial charge in [-0.3, -0.25) is 30.0 Å². The molecule has 12 nitrogen and oxygen atoms in total. The molecule has 0 saturated heterocycles. The third-order valence-corrected chi connectivity index (χ3v) is 9.59. The van der Waals surface area contributed by atoms with Crippen LogP contribution in [0.25, 0.3) is 0 Å². The molecule has 0 radical (unpaired) electrons. The van der Waals surface area contributed by atoms with Gasteiger partial charge in [-0.15, -0.1) is 34.6 Å². The van der Waals surface area contributed by atoms with Gasteiger partial charge in [0.1, 0.15) is 0 Å². The summed E-state index contributed by atoms with van der Waals surface area (Å²) in [5, 5.41) is 71.1. The van der Waals surface area contributed by atoms with Crippen LogP contribution in [0.3, 0.4) is 0 Å². The number of rotatable bonds is 18. The van der Waals surface area contributed by atoms with Crippen molar-refractivity contribution in [3.63, 3.8) is 0 Å². The Morgan fingerprint density at radius 3 is 0.437 bits per heavy atom. The van der Waals surface area contributed by atoms with Gasteiger partial charge in [-0.05, 0) is 93.3 Å². The summed E-state index contributed by atoms with van der Waals surface area (Å²) in [4.78, 5) is 26.2. The Balaban J connectivity index is -0.000000302. The maximum absolute atomic E-state index is 11.8. The van der Waals surface area contributed by atoms with E-state index in [0.29, 0.717) is 39.3 Å². The van der Waals surface area contributed by atoms with Crippen molar-refractivity contribution < 1.29 is 102 Å². The summed E-state index contributed by atoms with van der Waals surface area (Å²) in [6.45, 7) is 48.9. The van der Waals surface area contributed by atoms with Crippen LogP contribution in [0.2, 0.25) is 0 Å². The summed E-state index contributed by atoms with van der Waals surface area (Å²) < 4.78 is 0. The zero-order chi connectivity index (χ0) is 54.8. The fraction of sp³-hybridized carbons (Fsp3) is 0.684. The Bertz CT molecular complexity index is 1590. The molecule has 0 rings (SSSR count). The minimum absolute atomic E-state index is 0. The van der Waals surface area contributed by atoms with E-state index in [1.165, 1.54) is 0 Å². The van der Waals surface area contributed by atoms with E-state index in [1.807, 2.05) is 166 Å². The average Bonchev–Trinajstić information content (AvgIpc) is 3.15. The van der Waals surface area contributed by atoms with Crippen molar-refractivity contribution in [3.8, 4) is 0 Å².